The Kier molecular flexibility index (Phi) is 9.66. The molecule has 3 nitrogen and oxygen atoms in total. The van der Waals surface area contributed by atoms with Crippen LogP contribution >= 0.6 is 23.7 Å². The number of hydrogen-bond donors (Lipinski definition) is 1. The van der Waals surface area contributed by atoms with Crippen LogP contribution in [0.5, 0.6) is 0 Å². The maximum atomic E-state index is 13.4. The second kappa shape index (κ2) is 13.0. The Bertz CT molecular complexity index is 1460. The molecule has 0 atom stereocenters. The predicted molar refractivity (Wildman–Crippen MR) is 157 cm³/mol. The Morgan fingerprint density at radius 3 is 2.10 bits per heavy atom. The van der Waals surface area contributed by atoms with Crippen LogP contribution in [0, 0.1) is 20.8 Å². The van der Waals surface area contributed by atoms with Crippen molar-refractivity contribution in [2.24, 2.45) is 0 Å². The number of carboxylic acids is 1. The quantitative estimate of drug-likeness (QED) is 0.149. The molecular formula is C32H30F3NO2S2. The Morgan fingerprint density at radius 1 is 0.800 bits per heavy atom. The lowest BCUT2D eigenvalue weighted by Gasteiger charge is -2.24. The van der Waals surface area contributed by atoms with Gasteiger partial charge in [-0.25, -0.2) is 4.31 Å². The standard InChI is InChI=1S/C32H30F3NO2S2/c1-21-14-22(2)31(23(3)15-21)40-36(19-25-6-4-8-28(16-25)32(33,34)35)18-24-10-12-26(13-11-24)27-7-5-9-29(17-27)39-20-30(37)38/h4-17H,18-20H2,1-3H3,(H,37,38). The molecule has 0 saturated heterocycles. The lowest BCUT2D eigenvalue weighted by Crippen LogP contribution is -2.16. The Hall–Kier alpha value is -3.20. The van der Waals surface area contributed by atoms with E-state index >= 15 is 0 Å². The van der Waals surface area contributed by atoms with Crippen LogP contribution in [0.25, 0.3) is 11.1 Å². The largest absolute Gasteiger partial charge is 0.481 e. The maximum Gasteiger partial charge on any atom is 0.416 e. The van der Waals surface area contributed by atoms with Crippen LogP contribution in [0.15, 0.2) is 94.7 Å². The highest BCUT2D eigenvalue weighted by Gasteiger charge is 2.30. The van der Waals surface area contributed by atoms with Gasteiger partial charge in [0.1, 0.15) is 0 Å². The van der Waals surface area contributed by atoms with Crippen molar-refractivity contribution in [3.05, 3.63) is 118 Å². The number of nitrogens with zero attached hydrogens (tertiary/aromatic N) is 1. The van der Waals surface area contributed by atoms with E-state index in [0.717, 1.165) is 43.7 Å². The van der Waals surface area contributed by atoms with Crippen molar-refractivity contribution in [1.82, 2.24) is 4.31 Å². The molecule has 4 aromatic rings. The average molecular weight is 582 g/mol. The van der Waals surface area contributed by atoms with Gasteiger partial charge in [-0.1, -0.05) is 72.3 Å². The van der Waals surface area contributed by atoms with E-state index < -0.39 is 17.7 Å². The highest BCUT2D eigenvalue weighted by atomic mass is 32.2. The van der Waals surface area contributed by atoms with Gasteiger partial charge < -0.3 is 5.11 Å². The number of halogens is 3. The summed E-state index contributed by atoms with van der Waals surface area (Å²) in [6.45, 7) is 7.04. The summed E-state index contributed by atoms with van der Waals surface area (Å²) in [6, 6.07) is 25.6. The fourth-order valence-corrected chi connectivity index (χ4v) is 6.29. The first-order valence-electron chi connectivity index (χ1n) is 12.7. The van der Waals surface area contributed by atoms with Crippen molar-refractivity contribution in [1.29, 1.82) is 0 Å². The molecule has 0 aliphatic rings. The van der Waals surface area contributed by atoms with Gasteiger partial charge in [-0.2, -0.15) is 13.2 Å². The first-order chi connectivity index (χ1) is 19.0. The molecule has 0 bridgehead atoms. The fourth-order valence-electron chi connectivity index (χ4n) is 4.53. The average Bonchev–Trinajstić information content (AvgIpc) is 2.90. The normalized spacial score (nSPS) is 11.7. The van der Waals surface area contributed by atoms with Gasteiger partial charge in [-0.05, 0) is 84.3 Å². The van der Waals surface area contributed by atoms with Gasteiger partial charge in [0.2, 0.25) is 0 Å². The zero-order valence-corrected chi connectivity index (χ0v) is 24.1. The number of thioether (sulfide) groups is 1. The lowest BCUT2D eigenvalue weighted by atomic mass is 10.0. The predicted octanol–water partition coefficient (Wildman–Crippen LogP) is 9.18. The van der Waals surface area contributed by atoms with Crippen molar-refractivity contribution in [2.45, 2.75) is 49.8 Å². The van der Waals surface area contributed by atoms with Crippen LogP contribution in [-0.2, 0) is 24.1 Å². The molecule has 4 rings (SSSR count). The summed E-state index contributed by atoms with van der Waals surface area (Å²) in [5, 5.41) is 8.96. The number of alkyl halides is 3. The zero-order chi connectivity index (χ0) is 28.9. The van der Waals surface area contributed by atoms with E-state index in [2.05, 4.69) is 37.2 Å². The van der Waals surface area contributed by atoms with Crippen LogP contribution in [0.2, 0.25) is 0 Å². The van der Waals surface area contributed by atoms with Crippen LogP contribution < -0.4 is 0 Å². The van der Waals surface area contributed by atoms with Crippen LogP contribution in [0.4, 0.5) is 13.2 Å². The summed E-state index contributed by atoms with van der Waals surface area (Å²) in [4.78, 5) is 12.9. The number of hydrogen-bond acceptors (Lipinski definition) is 4. The molecule has 0 unspecified atom stereocenters. The number of aliphatic carboxylic acids is 1. The molecule has 0 aliphatic carbocycles. The fraction of sp³-hybridized carbons (Fsp3) is 0.219. The molecular weight excluding hydrogens is 551 g/mol. The molecule has 0 aromatic heterocycles. The molecule has 4 aromatic carbocycles. The van der Waals surface area contributed by atoms with Crippen LogP contribution in [0.3, 0.4) is 0 Å². The third kappa shape index (κ3) is 8.16. The summed E-state index contributed by atoms with van der Waals surface area (Å²) in [6.07, 6.45) is -4.39. The highest BCUT2D eigenvalue weighted by molar-refractivity contribution is 8.00. The van der Waals surface area contributed by atoms with Crippen molar-refractivity contribution >= 4 is 29.7 Å². The van der Waals surface area contributed by atoms with Crippen molar-refractivity contribution < 1.29 is 23.1 Å². The minimum absolute atomic E-state index is 0.00169. The van der Waals surface area contributed by atoms with E-state index in [-0.39, 0.29) is 5.75 Å². The first-order valence-corrected chi connectivity index (χ1v) is 14.4. The summed E-state index contributed by atoms with van der Waals surface area (Å²) < 4.78 is 42.2. The molecule has 40 heavy (non-hydrogen) atoms. The molecule has 0 saturated carbocycles. The maximum absolute atomic E-state index is 13.4. The van der Waals surface area contributed by atoms with E-state index in [4.69, 9.17) is 5.11 Å². The van der Waals surface area contributed by atoms with Gasteiger partial charge in [0.05, 0.1) is 11.3 Å². The molecule has 0 aliphatic heterocycles. The van der Waals surface area contributed by atoms with Gasteiger partial charge in [0, 0.05) is 22.9 Å². The van der Waals surface area contributed by atoms with Crippen LogP contribution in [-0.4, -0.2) is 21.1 Å². The smallest absolute Gasteiger partial charge is 0.416 e. The third-order valence-electron chi connectivity index (χ3n) is 6.28. The van der Waals surface area contributed by atoms with E-state index in [1.165, 1.54) is 29.5 Å². The molecule has 208 valence electrons. The second-order valence-electron chi connectivity index (χ2n) is 9.72. The lowest BCUT2D eigenvalue weighted by molar-refractivity contribution is -0.137. The number of rotatable bonds is 10. The molecule has 0 amide bonds. The number of carboxylic acid groups (broad SMARTS) is 1. The van der Waals surface area contributed by atoms with Crippen molar-refractivity contribution in [3.63, 3.8) is 0 Å². The SMILES string of the molecule is Cc1cc(C)c(SN(Cc2ccc(-c3cccc(SCC(=O)O)c3)cc2)Cc2cccc(C(F)(F)F)c2)c(C)c1. The number of aryl methyl sites for hydroxylation is 3. The van der Waals surface area contributed by atoms with E-state index in [1.54, 1.807) is 18.0 Å². The topological polar surface area (TPSA) is 40.5 Å². The second-order valence-corrected chi connectivity index (χ2v) is 11.9. The summed E-state index contributed by atoms with van der Waals surface area (Å²) in [5.41, 5.74) is 6.40. The van der Waals surface area contributed by atoms with Crippen molar-refractivity contribution in [2.75, 3.05) is 5.75 Å². The molecule has 0 spiro atoms. The highest BCUT2D eigenvalue weighted by Crippen LogP contribution is 2.35. The van der Waals surface area contributed by atoms with Crippen LogP contribution in [0.1, 0.15) is 33.4 Å². The Balaban J connectivity index is 1.58. The first kappa shape index (κ1) is 29.8. The third-order valence-corrected chi connectivity index (χ3v) is 8.60. The minimum Gasteiger partial charge on any atom is -0.481 e. The Labute approximate surface area is 241 Å². The molecule has 8 heteroatoms. The molecule has 1 N–H and O–H groups in total. The summed E-state index contributed by atoms with van der Waals surface area (Å²) >= 11 is 2.84. The number of benzene rings is 4. The van der Waals surface area contributed by atoms with Gasteiger partial charge >= 0.3 is 12.1 Å². The van der Waals surface area contributed by atoms with Gasteiger partial charge in [0.25, 0.3) is 0 Å². The van der Waals surface area contributed by atoms with Crippen molar-refractivity contribution in [3.8, 4) is 11.1 Å². The summed E-state index contributed by atoms with van der Waals surface area (Å²) in [7, 11) is 0. The van der Waals surface area contributed by atoms with E-state index in [0.29, 0.717) is 18.7 Å². The minimum atomic E-state index is -4.39. The van der Waals surface area contributed by atoms with Gasteiger partial charge in [-0.3, -0.25) is 4.79 Å². The summed E-state index contributed by atoms with van der Waals surface area (Å²) in [5.74, 6) is -0.856. The Morgan fingerprint density at radius 2 is 1.45 bits per heavy atom. The van der Waals surface area contributed by atoms with E-state index in [1.807, 2.05) is 48.5 Å². The van der Waals surface area contributed by atoms with E-state index in [9.17, 15) is 18.0 Å². The molecule has 0 radical (unpaired) electrons. The van der Waals surface area contributed by atoms with Gasteiger partial charge in [0.15, 0.2) is 0 Å². The molecule has 0 heterocycles. The zero-order valence-electron chi connectivity index (χ0n) is 22.5. The molecule has 0 fully saturated rings. The monoisotopic (exact) mass is 581 g/mol. The van der Waals surface area contributed by atoms with Gasteiger partial charge in [-0.15, -0.1) is 11.8 Å². The number of carbonyl (C=O) groups is 1.